The lowest BCUT2D eigenvalue weighted by Crippen LogP contribution is -2.50. The minimum atomic E-state index is -0.344. The van der Waals surface area contributed by atoms with E-state index in [1.165, 1.54) is 0 Å². The monoisotopic (exact) mass is 282 g/mol. The van der Waals surface area contributed by atoms with Crippen LogP contribution >= 0.6 is 0 Å². The van der Waals surface area contributed by atoms with Crippen molar-refractivity contribution >= 4 is 5.91 Å². The maximum Gasteiger partial charge on any atom is 0.293 e. The number of hydrogen-bond donors (Lipinski definition) is 2. The molecule has 2 rings (SSSR count). The van der Waals surface area contributed by atoms with Crippen molar-refractivity contribution in [2.75, 3.05) is 19.7 Å². The number of aromatic nitrogens is 3. The molecule has 1 aliphatic heterocycles. The Bertz CT molecular complexity index is 480. The number of nitrogens with one attached hydrogen (secondary N) is 1. The van der Waals surface area contributed by atoms with Crippen LogP contribution in [0.3, 0.4) is 0 Å². The molecule has 0 radical (unpaired) electrons. The lowest BCUT2D eigenvalue weighted by Gasteiger charge is -2.35. The number of H-pyrrole nitrogens is 1. The van der Waals surface area contributed by atoms with E-state index in [2.05, 4.69) is 15.2 Å². The maximum atomic E-state index is 12.4. The second kappa shape index (κ2) is 5.49. The molecule has 1 aliphatic rings. The summed E-state index contributed by atoms with van der Waals surface area (Å²) in [4.78, 5) is 18.3. The Hall–Kier alpha value is -1.47. The molecule has 0 aromatic carbocycles. The molecule has 2 atom stereocenters. The molecule has 1 aromatic rings. The highest BCUT2D eigenvalue weighted by molar-refractivity contribution is 5.90. The fourth-order valence-electron chi connectivity index (χ4n) is 2.15. The molecule has 1 saturated heterocycles. The second-order valence-electron chi connectivity index (χ2n) is 6.22. The Kier molecular flexibility index (Phi) is 4.10. The van der Waals surface area contributed by atoms with Crippen LogP contribution in [0, 0.1) is 0 Å². The first kappa shape index (κ1) is 14.9. The van der Waals surface area contributed by atoms with E-state index in [0.717, 1.165) is 0 Å². The molecule has 0 spiro atoms. The van der Waals surface area contributed by atoms with Crippen LogP contribution in [0.4, 0.5) is 0 Å². The van der Waals surface area contributed by atoms with E-state index in [1.807, 2.05) is 27.7 Å². The van der Waals surface area contributed by atoms with Crippen molar-refractivity contribution in [2.45, 2.75) is 45.3 Å². The third kappa shape index (κ3) is 3.16. The molecule has 2 unspecified atom stereocenters. The van der Waals surface area contributed by atoms with Crippen molar-refractivity contribution in [3.63, 3.8) is 0 Å². The van der Waals surface area contributed by atoms with E-state index < -0.39 is 0 Å². The number of nitrogens with zero attached hydrogens (tertiary/aromatic N) is 3. The van der Waals surface area contributed by atoms with Gasteiger partial charge in [-0.25, -0.2) is 4.98 Å². The van der Waals surface area contributed by atoms with Gasteiger partial charge in [0.2, 0.25) is 5.82 Å². The van der Waals surface area contributed by atoms with Gasteiger partial charge in [0, 0.05) is 18.5 Å². The van der Waals surface area contributed by atoms with Crippen LogP contribution in [-0.4, -0.2) is 63.0 Å². The number of carbonyl (C=O) groups is 1. The minimum absolute atomic E-state index is 0.102. The molecule has 0 saturated carbocycles. The Labute approximate surface area is 118 Å². The van der Waals surface area contributed by atoms with Gasteiger partial charge in [-0.3, -0.25) is 9.89 Å². The second-order valence-corrected chi connectivity index (χ2v) is 6.22. The largest absolute Gasteiger partial charge is 0.394 e. The summed E-state index contributed by atoms with van der Waals surface area (Å²) < 4.78 is 5.52. The number of morpholine rings is 1. The van der Waals surface area contributed by atoms with Crippen LogP contribution in [-0.2, 0) is 10.2 Å². The summed E-state index contributed by atoms with van der Waals surface area (Å²) in [6.07, 6.45) is -0.449. The van der Waals surface area contributed by atoms with Gasteiger partial charge in [-0.1, -0.05) is 20.8 Å². The van der Waals surface area contributed by atoms with Crippen LogP contribution in [0.5, 0.6) is 0 Å². The summed E-state index contributed by atoms with van der Waals surface area (Å²) >= 11 is 0. The van der Waals surface area contributed by atoms with E-state index >= 15 is 0 Å². The zero-order chi connectivity index (χ0) is 14.9. The van der Waals surface area contributed by atoms with Crippen molar-refractivity contribution in [3.05, 3.63) is 11.6 Å². The Morgan fingerprint density at radius 1 is 1.50 bits per heavy atom. The van der Waals surface area contributed by atoms with Crippen molar-refractivity contribution in [1.29, 1.82) is 0 Å². The zero-order valence-corrected chi connectivity index (χ0v) is 12.4. The fourth-order valence-corrected chi connectivity index (χ4v) is 2.15. The molecule has 0 bridgehead atoms. The van der Waals surface area contributed by atoms with Crippen molar-refractivity contribution in [3.8, 4) is 0 Å². The van der Waals surface area contributed by atoms with Gasteiger partial charge in [0.1, 0.15) is 5.82 Å². The average Bonchev–Trinajstić information content (AvgIpc) is 2.86. The molecule has 7 heteroatoms. The SMILES string of the molecule is CC1CN(C(=O)c2n[nH]c(C(C)(C)C)n2)CC(CO)O1. The number of rotatable bonds is 2. The maximum absolute atomic E-state index is 12.4. The van der Waals surface area contributed by atoms with E-state index in [4.69, 9.17) is 4.74 Å². The number of hydrogen-bond acceptors (Lipinski definition) is 5. The van der Waals surface area contributed by atoms with Crippen molar-refractivity contribution in [1.82, 2.24) is 20.1 Å². The van der Waals surface area contributed by atoms with Crippen LogP contribution in [0.1, 0.15) is 44.1 Å². The predicted molar refractivity (Wildman–Crippen MR) is 72.4 cm³/mol. The molecule has 1 fully saturated rings. The first-order chi connectivity index (χ1) is 9.31. The lowest BCUT2D eigenvalue weighted by atomic mass is 9.96. The third-order valence-corrected chi connectivity index (χ3v) is 3.20. The molecule has 20 heavy (non-hydrogen) atoms. The number of amides is 1. The first-order valence-electron chi connectivity index (χ1n) is 6.79. The van der Waals surface area contributed by atoms with Crippen LogP contribution < -0.4 is 0 Å². The smallest absolute Gasteiger partial charge is 0.293 e. The molecule has 1 amide bonds. The van der Waals surface area contributed by atoms with E-state index in [0.29, 0.717) is 18.9 Å². The highest BCUT2D eigenvalue weighted by Crippen LogP contribution is 2.18. The summed E-state index contributed by atoms with van der Waals surface area (Å²) in [5.74, 6) is 0.618. The highest BCUT2D eigenvalue weighted by Gasteiger charge is 2.31. The number of carbonyl (C=O) groups excluding carboxylic acids is 1. The van der Waals surface area contributed by atoms with Gasteiger partial charge in [0.05, 0.1) is 18.8 Å². The number of aromatic amines is 1. The van der Waals surface area contributed by atoms with E-state index in [9.17, 15) is 9.90 Å². The van der Waals surface area contributed by atoms with Gasteiger partial charge < -0.3 is 14.7 Å². The molecule has 7 nitrogen and oxygen atoms in total. The van der Waals surface area contributed by atoms with Gasteiger partial charge in [-0.05, 0) is 6.92 Å². The van der Waals surface area contributed by atoms with Gasteiger partial charge >= 0.3 is 0 Å². The summed E-state index contributed by atoms with van der Waals surface area (Å²) in [6.45, 7) is 8.62. The van der Waals surface area contributed by atoms with E-state index in [-0.39, 0.29) is 36.0 Å². The predicted octanol–water partition coefficient (Wildman–Crippen LogP) is 0.324. The number of ether oxygens (including phenoxy) is 1. The Morgan fingerprint density at radius 2 is 2.20 bits per heavy atom. The van der Waals surface area contributed by atoms with Crippen molar-refractivity contribution < 1.29 is 14.6 Å². The normalized spacial score (nSPS) is 23.9. The van der Waals surface area contributed by atoms with Gasteiger partial charge in [0.25, 0.3) is 5.91 Å². The summed E-state index contributed by atoms with van der Waals surface area (Å²) in [7, 11) is 0. The first-order valence-corrected chi connectivity index (χ1v) is 6.79. The third-order valence-electron chi connectivity index (χ3n) is 3.20. The summed E-state index contributed by atoms with van der Waals surface area (Å²) in [6, 6.07) is 0. The molecule has 1 aromatic heterocycles. The molecule has 112 valence electrons. The van der Waals surface area contributed by atoms with Crippen LogP contribution in [0.25, 0.3) is 0 Å². The quantitative estimate of drug-likeness (QED) is 0.815. The number of aliphatic hydroxyl groups is 1. The molecule has 2 heterocycles. The summed E-state index contributed by atoms with van der Waals surface area (Å²) in [5, 5.41) is 16.0. The van der Waals surface area contributed by atoms with Gasteiger partial charge in [-0.2, -0.15) is 0 Å². The highest BCUT2D eigenvalue weighted by atomic mass is 16.5. The summed E-state index contributed by atoms with van der Waals surface area (Å²) in [5.41, 5.74) is -0.183. The molecular weight excluding hydrogens is 260 g/mol. The fraction of sp³-hybridized carbons (Fsp3) is 0.769. The molecule has 0 aliphatic carbocycles. The Morgan fingerprint density at radius 3 is 2.75 bits per heavy atom. The average molecular weight is 282 g/mol. The minimum Gasteiger partial charge on any atom is -0.394 e. The van der Waals surface area contributed by atoms with Gasteiger partial charge in [0.15, 0.2) is 0 Å². The van der Waals surface area contributed by atoms with Crippen LogP contribution in [0.15, 0.2) is 0 Å². The molecule has 2 N–H and O–H groups in total. The van der Waals surface area contributed by atoms with Crippen LogP contribution in [0.2, 0.25) is 0 Å². The zero-order valence-electron chi connectivity index (χ0n) is 12.4. The van der Waals surface area contributed by atoms with Gasteiger partial charge in [-0.15, -0.1) is 5.10 Å². The van der Waals surface area contributed by atoms with E-state index in [1.54, 1.807) is 4.90 Å². The number of aliphatic hydroxyl groups excluding tert-OH is 1. The lowest BCUT2D eigenvalue weighted by molar-refractivity contribution is -0.0860. The standard InChI is InChI=1S/C13H22N4O3/c1-8-5-17(6-9(7-18)20-8)11(19)10-14-12(16-15-10)13(2,3)4/h8-9,18H,5-7H2,1-4H3,(H,14,15,16). The topological polar surface area (TPSA) is 91.3 Å². The molecular formula is C13H22N4O3. The Balaban J connectivity index is 2.12. The van der Waals surface area contributed by atoms with Crippen molar-refractivity contribution in [2.24, 2.45) is 0 Å².